The molecule has 1 aromatic heterocycles. The van der Waals surface area contributed by atoms with Crippen molar-refractivity contribution in [1.82, 2.24) is 4.57 Å². The largest absolute Gasteiger partial charge is 0.346 e. The van der Waals surface area contributed by atoms with Crippen LogP contribution in [0.25, 0.3) is 10.9 Å². The summed E-state index contributed by atoms with van der Waals surface area (Å²) in [5.74, 6) is 2.60. The molecule has 0 atom stereocenters. The number of para-hydroxylation sites is 1. The first-order chi connectivity index (χ1) is 7.33. The third-order valence-electron chi connectivity index (χ3n) is 2.38. The van der Waals surface area contributed by atoms with Gasteiger partial charge in [-0.25, -0.2) is 0 Å². The number of fused-ring (bicyclic) bond motifs is 1. The van der Waals surface area contributed by atoms with Crippen LogP contribution >= 0.6 is 0 Å². The minimum absolute atomic E-state index is 0.0579. The topological polar surface area (TPSA) is 22.0 Å². The Morgan fingerprint density at radius 3 is 2.87 bits per heavy atom. The van der Waals surface area contributed by atoms with Crippen molar-refractivity contribution in [3.63, 3.8) is 0 Å². The predicted octanol–water partition coefficient (Wildman–Crippen LogP) is 2.02. The molecule has 0 saturated heterocycles. The molecule has 74 valence electrons. The second-order valence-electron chi connectivity index (χ2n) is 3.34. The highest BCUT2D eigenvalue weighted by Crippen LogP contribution is 2.09. The zero-order chi connectivity index (χ0) is 10.7. The molecule has 0 aliphatic rings. The molecule has 0 N–H and O–H groups in total. The Labute approximate surface area is 88.2 Å². The SMILES string of the molecule is C#CCCn1ccc(=O)c2ccccc21. The lowest BCUT2D eigenvalue weighted by atomic mass is 10.2. The molecule has 0 unspecified atom stereocenters. The fourth-order valence-electron chi connectivity index (χ4n) is 1.64. The molecule has 0 aliphatic carbocycles. The first kappa shape index (κ1) is 9.54. The van der Waals surface area contributed by atoms with E-state index in [9.17, 15) is 4.79 Å². The van der Waals surface area contributed by atoms with E-state index in [2.05, 4.69) is 5.92 Å². The van der Waals surface area contributed by atoms with Gasteiger partial charge in [0.15, 0.2) is 5.43 Å². The van der Waals surface area contributed by atoms with Crippen LogP contribution in [0.15, 0.2) is 41.3 Å². The molecule has 0 bridgehead atoms. The molecule has 0 aliphatic heterocycles. The van der Waals surface area contributed by atoms with Crippen LogP contribution in [0.5, 0.6) is 0 Å². The quantitative estimate of drug-likeness (QED) is 0.675. The van der Waals surface area contributed by atoms with Crippen molar-refractivity contribution in [2.45, 2.75) is 13.0 Å². The molecule has 2 aromatic rings. The summed E-state index contributed by atoms with van der Waals surface area (Å²) in [5, 5.41) is 0.747. The van der Waals surface area contributed by atoms with Crippen LogP contribution in [0.2, 0.25) is 0 Å². The van der Waals surface area contributed by atoms with Gasteiger partial charge in [-0.05, 0) is 12.1 Å². The Morgan fingerprint density at radius 1 is 1.27 bits per heavy atom. The first-order valence-electron chi connectivity index (χ1n) is 4.84. The van der Waals surface area contributed by atoms with Gasteiger partial charge in [0.05, 0.1) is 5.52 Å². The second-order valence-corrected chi connectivity index (χ2v) is 3.34. The van der Waals surface area contributed by atoms with Gasteiger partial charge in [-0.2, -0.15) is 0 Å². The molecule has 2 rings (SSSR count). The number of aryl methyl sites for hydroxylation is 1. The van der Waals surface area contributed by atoms with Crippen LogP contribution in [0.4, 0.5) is 0 Å². The maximum absolute atomic E-state index is 11.6. The summed E-state index contributed by atoms with van der Waals surface area (Å²) in [4.78, 5) is 11.6. The summed E-state index contributed by atoms with van der Waals surface area (Å²) in [6.45, 7) is 0.747. The van der Waals surface area contributed by atoms with Crippen LogP contribution < -0.4 is 5.43 Å². The number of nitrogens with zero attached hydrogens (tertiary/aromatic N) is 1. The van der Waals surface area contributed by atoms with Gasteiger partial charge in [0.1, 0.15) is 0 Å². The molecule has 2 heteroatoms. The number of hydrogen-bond donors (Lipinski definition) is 0. The van der Waals surface area contributed by atoms with E-state index in [1.165, 1.54) is 0 Å². The highest BCUT2D eigenvalue weighted by molar-refractivity contribution is 5.78. The average Bonchev–Trinajstić information content (AvgIpc) is 2.29. The van der Waals surface area contributed by atoms with E-state index in [-0.39, 0.29) is 5.43 Å². The molecule has 1 aromatic carbocycles. The van der Waals surface area contributed by atoms with E-state index in [0.717, 1.165) is 17.4 Å². The van der Waals surface area contributed by atoms with E-state index in [0.29, 0.717) is 6.42 Å². The molecule has 0 radical (unpaired) electrons. The lowest BCUT2D eigenvalue weighted by Gasteiger charge is -2.08. The van der Waals surface area contributed by atoms with Gasteiger partial charge in [-0.3, -0.25) is 4.79 Å². The van der Waals surface area contributed by atoms with Crippen LogP contribution in [0.3, 0.4) is 0 Å². The molecule has 2 nitrogen and oxygen atoms in total. The molecule has 0 saturated carbocycles. The number of rotatable bonds is 2. The summed E-state index contributed by atoms with van der Waals surface area (Å²) in [7, 11) is 0. The molecule has 1 heterocycles. The van der Waals surface area contributed by atoms with E-state index in [1.807, 2.05) is 28.8 Å². The predicted molar refractivity (Wildman–Crippen MR) is 61.7 cm³/mol. The number of hydrogen-bond acceptors (Lipinski definition) is 1. The minimum Gasteiger partial charge on any atom is -0.346 e. The maximum atomic E-state index is 11.6. The number of benzene rings is 1. The Kier molecular flexibility index (Phi) is 2.55. The van der Waals surface area contributed by atoms with Gasteiger partial charge in [0.2, 0.25) is 0 Å². The molecule has 0 amide bonds. The van der Waals surface area contributed by atoms with Crippen LogP contribution in [-0.2, 0) is 6.54 Å². The summed E-state index contributed by atoms with van der Waals surface area (Å²) >= 11 is 0. The van der Waals surface area contributed by atoms with Crippen molar-refractivity contribution in [3.8, 4) is 12.3 Å². The second kappa shape index (κ2) is 4.02. The fourth-order valence-corrected chi connectivity index (χ4v) is 1.64. The maximum Gasteiger partial charge on any atom is 0.189 e. The van der Waals surface area contributed by atoms with Gasteiger partial charge in [0.25, 0.3) is 0 Å². The Bertz CT molecular complexity index is 575. The summed E-state index contributed by atoms with van der Waals surface area (Å²) < 4.78 is 2.01. The number of pyridine rings is 1. The Morgan fingerprint density at radius 2 is 2.07 bits per heavy atom. The zero-order valence-electron chi connectivity index (χ0n) is 8.31. The van der Waals surface area contributed by atoms with Gasteiger partial charge in [-0.15, -0.1) is 12.3 Å². The van der Waals surface area contributed by atoms with Crippen molar-refractivity contribution in [3.05, 3.63) is 46.8 Å². The van der Waals surface area contributed by atoms with Crippen molar-refractivity contribution < 1.29 is 0 Å². The van der Waals surface area contributed by atoms with Crippen LogP contribution in [0.1, 0.15) is 6.42 Å². The van der Waals surface area contributed by atoms with E-state index >= 15 is 0 Å². The van der Waals surface area contributed by atoms with Crippen LogP contribution in [-0.4, -0.2) is 4.57 Å². The lowest BCUT2D eigenvalue weighted by molar-refractivity contribution is 0.741. The minimum atomic E-state index is 0.0579. The van der Waals surface area contributed by atoms with Crippen molar-refractivity contribution in [1.29, 1.82) is 0 Å². The molecular formula is C13H11NO. The Balaban J connectivity index is 2.62. The molecular weight excluding hydrogens is 186 g/mol. The van der Waals surface area contributed by atoms with E-state index in [1.54, 1.807) is 12.3 Å². The first-order valence-corrected chi connectivity index (χ1v) is 4.84. The third-order valence-corrected chi connectivity index (χ3v) is 2.38. The standard InChI is InChI=1S/C13H11NO/c1-2-3-9-14-10-8-13(15)11-6-4-5-7-12(11)14/h1,4-8,10H,3,9H2. The molecule has 0 spiro atoms. The molecule has 0 fully saturated rings. The van der Waals surface area contributed by atoms with E-state index < -0.39 is 0 Å². The van der Waals surface area contributed by atoms with Crippen LogP contribution in [0, 0.1) is 12.3 Å². The third kappa shape index (κ3) is 1.77. The normalized spacial score (nSPS) is 10.1. The molecule has 15 heavy (non-hydrogen) atoms. The van der Waals surface area contributed by atoms with Gasteiger partial charge >= 0.3 is 0 Å². The van der Waals surface area contributed by atoms with Gasteiger partial charge in [0, 0.05) is 30.6 Å². The van der Waals surface area contributed by atoms with Gasteiger partial charge < -0.3 is 4.57 Å². The van der Waals surface area contributed by atoms with Crippen molar-refractivity contribution in [2.24, 2.45) is 0 Å². The zero-order valence-corrected chi connectivity index (χ0v) is 8.31. The fraction of sp³-hybridized carbons (Fsp3) is 0.154. The Hall–Kier alpha value is -2.01. The van der Waals surface area contributed by atoms with Gasteiger partial charge in [-0.1, -0.05) is 12.1 Å². The summed E-state index contributed by atoms with van der Waals surface area (Å²) in [6.07, 6.45) is 7.69. The van der Waals surface area contributed by atoms with E-state index in [4.69, 9.17) is 6.42 Å². The lowest BCUT2D eigenvalue weighted by Crippen LogP contribution is -2.07. The highest BCUT2D eigenvalue weighted by Gasteiger charge is 2.00. The number of aromatic nitrogens is 1. The van der Waals surface area contributed by atoms with Crippen molar-refractivity contribution in [2.75, 3.05) is 0 Å². The monoisotopic (exact) mass is 197 g/mol. The summed E-state index contributed by atoms with van der Waals surface area (Å²) in [5.41, 5.74) is 1.00. The average molecular weight is 197 g/mol. The smallest absolute Gasteiger partial charge is 0.189 e. The highest BCUT2D eigenvalue weighted by atomic mass is 16.1. The van der Waals surface area contributed by atoms with Crippen molar-refractivity contribution >= 4 is 10.9 Å². The number of terminal acetylenes is 1. The summed E-state index contributed by atoms with van der Waals surface area (Å²) in [6, 6.07) is 9.15.